The summed E-state index contributed by atoms with van der Waals surface area (Å²) in [5.41, 5.74) is 8.27. The Morgan fingerprint density at radius 1 is 0.333 bits per heavy atom. The molecule has 0 saturated carbocycles. The Morgan fingerprint density at radius 3 is 1.31 bits per heavy atom. The highest BCUT2D eigenvalue weighted by molar-refractivity contribution is 6.13. The van der Waals surface area contributed by atoms with Crippen molar-refractivity contribution in [2.24, 2.45) is 0 Å². The van der Waals surface area contributed by atoms with Crippen molar-refractivity contribution < 1.29 is 13.2 Å². The van der Waals surface area contributed by atoms with Gasteiger partial charge in [0.25, 0.3) is 0 Å². The van der Waals surface area contributed by atoms with Crippen LogP contribution in [0.3, 0.4) is 0 Å². The minimum Gasteiger partial charge on any atom is -0.309 e. The summed E-state index contributed by atoms with van der Waals surface area (Å²) in [6.45, 7) is 0. The summed E-state index contributed by atoms with van der Waals surface area (Å²) in [6.07, 6.45) is -4.82. The van der Waals surface area contributed by atoms with E-state index in [0.717, 1.165) is 60.8 Å². The Morgan fingerprint density at radius 2 is 0.792 bits per heavy atom. The first-order valence-electron chi connectivity index (χ1n) is 22.3. The summed E-state index contributed by atoms with van der Waals surface area (Å²) >= 11 is 0. The number of hydrogen-bond acceptors (Lipinski definition) is 6. The van der Waals surface area contributed by atoms with Crippen LogP contribution in [0.5, 0.6) is 0 Å². The molecular formula is C61H29F3N8. The zero-order chi connectivity index (χ0) is 49.8. The summed E-state index contributed by atoms with van der Waals surface area (Å²) in [5.74, 6) is 0. The standard InChI is InChI=1S/C61H29F3N8/c62-61(63,64)53-26-38(32-67)14-20-47(53)41-17-23-58(71-54-9-3-1-7-48(54)50-27-39(15-21-56(50)71)45-18-12-36(30-65)24-43(45)34-69)52(29-41)60-42(33-68)6-5-11-59(60)72-55-10-4-2-8-49(55)51-28-40(16-22-57(51)72)46-19-13-37(31-66)25-44(46)35-70/h1-29H. The van der Waals surface area contributed by atoms with Gasteiger partial charge in [0, 0.05) is 32.7 Å². The molecule has 0 fully saturated rings. The molecule has 11 rings (SSSR count). The maximum atomic E-state index is 15.0. The molecule has 9 aromatic carbocycles. The minimum absolute atomic E-state index is 0.148. The van der Waals surface area contributed by atoms with E-state index < -0.39 is 11.7 Å². The summed E-state index contributed by atoms with van der Waals surface area (Å²) in [6, 6.07) is 63.8. The second kappa shape index (κ2) is 17.1. The fraction of sp³-hybridized carbons (Fsp3) is 0.0164. The molecule has 0 unspecified atom stereocenters. The predicted molar refractivity (Wildman–Crippen MR) is 270 cm³/mol. The molecule has 2 aromatic heterocycles. The van der Waals surface area contributed by atoms with Crippen molar-refractivity contribution in [1.82, 2.24) is 9.13 Å². The smallest absolute Gasteiger partial charge is 0.309 e. The number of para-hydroxylation sites is 2. The normalized spacial score (nSPS) is 11.2. The monoisotopic (exact) mass is 930 g/mol. The highest BCUT2D eigenvalue weighted by Crippen LogP contribution is 2.46. The number of nitriles is 6. The fourth-order valence-electron chi connectivity index (χ4n) is 10.0. The van der Waals surface area contributed by atoms with Crippen LogP contribution in [-0.2, 0) is 6.18 Å². The average Bonchev–Trinajstić information content (AvgIpc) is 3.93. The van der Waals surface area contributed by atoms with E-state index >= 15 is 13.2 Å². The van der Waals surface area contributed by atoms with Gasteiger partial charge in [-0.25, -0.2) is 0 Å². The molecule has 11 aromatic rings. The third-order valence-electron chi connectivity index (χ3n) is 13.2. The van der Waals surface area contributed by atoms with E-state index in [1.54, 1.807) is 66.7 Å². The van der Waals surface area contributed by atoms with Gasteiger partial charge in [-0.2, -0.15) is 44.7 Å². The average molecular weight is 931 g/mol. The van der Waals surface area contributed by atoms with Crippen LogP contribution in [0.4, 0.5) is 13.2 Å². The molecule has 0 atom stereocenters. The van der Waals surface area contributed by atoms with Crippen molar-refractivity contribution in [3.05, 3.63) is 215 Å². The number of benzene rings is 9. The maximum Gasteiger partial charge on any atom is 0.417 e. The predicted octanol–water partition coefficient (Wildman–Crippen LogP) is 14.8. The highest BCUT2D eigenvalue weighted by Gasteiger charge is 2.35. The molecule has 11 heteroatoms. The third-order valence-corrected chi connectivity index (χ3v) is 13.2. The second-order valence-corrected chi connectivity index (χ2v) is 17.1. The molecule has 334 valence electrons. The Bertz CT molecular complexity index is 4420. The molecule has 0 aliphatic carbocycles. The molecule has 0 bridgehead atoms. The Labute approximate surface area is 409 Å². The van der Waals surface area contributed by atoms with Gasteiger partial charge in [0.2, 0.25) is 0 Å². The molecule has 0 N–H and O–H groups in total. The number of fused-ring (bicyclic) bond motifs is 6. The Hall–Kier alpha value is -10.7. The molecule has 72 heavy (non-hydrogen) atoms. The van der Waals surface area contributed by atoms with Gasteiger partial charge in [-0.1, -0.05) is 78.9 Å². The van der Waals surface area contributed by atoms with Crippen LogP contribution < -0.4 is 0 Å². The molecule has 0 radical (unpaired) electrons. The Kier molecular flexibility index (Phi) is 10.4. The lowest BCUT2D eigenvalue weighted by atomic mass is 9.90. The van der Waals surface area contributed by atoms with Gasteiger partial charge < -0.3 is 9.13 Å². The van der Waals surface area contributed by atoms with Crippen molar-refractivity contribution in [2.45, 2.75) is 6.18 Å². The molecule has 0 spiro atoms. The van der Waals surface area contributed by atoms with E-state index in [1.807, 2.05) is 106 Å². The van der Waals surface area contributed by atoms with Gasteiger partial charge >= 0.3 is 6.18 Å². The molecule has 0 aliphatic heterocycles. The molecule has 0 aliphatic rings. The molecule has 8 nitrogen and oxygen atoms in total. The number of nitrogens with zero attached hydrogens (tertiary/aromatic N) is 8. The van der Waals surface area contributed by atoms with Crippen molar-refractivity contribution in [2.75, 3.05) is 0 Å². The van der Waals surface area contributed by atoms with Gasteiger partial charge in [0.15, 0.2) is 0 Å². The van der Waals surface area contributed by atoms with Gasteiger partial charge in [-0.15, -0.1) is 0 Å². The summed E-state index contributed by atoms with van der Waals surface area (Å²) < 4.78 is 49.1. The van der Waals surface area contributed by atoms with Crippen LogP contribution in [0, 0.1) is 68.0 Å². The zero-order valence-electron chi connectivity index (χ0n) is 37.5. The molecule has 2 heterocycles. The SMILES string of the molecule is N#Cc1ccc(-c2ccc3c(c2)c2ccccc2n3-c2ccc(-c3ccc(C#N)cc3C(F)(F)F)cc2-c2c(C#N)cccc2-n2c3ccccc3c3cc(-c4ccc(C#N)cc4C#N)ccc32)c(C#N)c1. The zero-order valence-corrected chi connectivity index (χ0v) is 37.5. The van der Waals surface area contributed by atoms with E-state index in [9.17, 15) is 31.6 Å². The van der Waals surface area contributed by atoms with Crippen LogP contribution in [-0.4, -0.2) is 9.13 Å². The van der Waals surface area contributed by atoms with Crippen molar-refractivity contribution in [3.8, 4) is 92.3 Å². The molecule has 0 amide bonds. The van der Waals surface area contributed by atoms with Crippen molar-refractivity contribution in [3.63, 3.8) is 0 Å². The topological polar surface area (TPSA) is 153 Å². The van der Waals surface area contributed by atoms with E-state index in [4.69, 9.17) is 0 Å². The maximum absolute atomic E-state index is 15.0. The van der Waals surface area contributed by atoms with Crippen LogP contribution in [0.2, 0.25) is 0 Å². The number of alkyl halides is 3. The van der Waals surface area contributed by atoms with Crippen molar-refractivity contribution in [1.29, 1.82) is 31.6 Å². The van der Waals surface area contributed by atoms with E-state index in [-0.39, 0.29) is 22.3 Å². The quantitative estimate of drug-likeness (QED) is 0.162. The van der Waals surface area contributed by atoms with Gasteiger partial charge in [0.05, 0.1) is 109 Å². The second-order valence-electron chi connectivity index (χ2n) is 17.1. The van der Waals surface area contributed by atoms with Gasteiger partial charge in [-0.05, 0) is 130 Å². The number of rotatable bonds is 6. The van der Waals surface area contributed by atoms with Crippen LogP contribution in [0.1, 0.15) is 38.9 Å². The highest BCUT2D eigenvalue weighted by atomic mass is 19.4. The number of aromatic nitrogens is 2. The van der Waals surface area contributed by atoms with E-state index in [2.05, 4.69) is 30.3 Å². The van der Waals surface area contributed by atoms with Gasteiger partial charge in [-0.3, -0.25) is 0 Å². The van der Waals surface area contributed by atoms with Crippen molar-refractivity contribution >= 4 is 43.6 Å². The van der Waals surface area contributed by atoms with Crippen LogP contribution in [0.25, 0.3) is 99.5 Å². The largest absolute Gasteiger partial charge is 0.417 e. The molecular weight excluding hydrogens is 902 g/mol. The lowest BCUT2D eigenvalue weighted by molar-refractivity contribution is -0.137. The molecule has 0 saturated heterocycles. The van der Waals surface area contributed by atoms with E-state index in [1.165, 1.54) is 12.1 Å². The number of halogens is 3. The summed E-state index contributed by atoms with van der Waals surface area (Å²) in [4.78, 5) is 0. The number of hydrogen-bond donors (Lipinski definition) is 0. The minimum atomic E-state index is -4.82. The summed E-state index contributed by atoms with van der Waals surface area (Å²) in [5, 5.41) is 63.5. The lowest BCUT2D eigenvalue weighted by Gasteiger charge is -2.21. The van der Waals surface area contributed by atoms with Crippen LogP contribution >= 0.6 is 0 Å². The summed E-state index contributed by atoms with van der Waals surface area (Å²) in [7, 11) is 0. The first kappa shape index (κ1) is 43.9. The lowest BCUT2D eigenvalue weighted by Crippen LogP contribution is -2.08. The first-order valence-corrected chi connectivity index (χ1v) is 22.3. The van der Waals surface area contributed by atoms with Gasteiger partial charge in [0.1, 0.15) is 0 Å². The van der Waals surface area contributed by atoms with Crippen LogP contribution in [0.15, 0.2) is 176 Å². The van der Waals surface area contributed by atoms with E-state index in [0.29, 0.717) is 55.9 Å². The first-order chi connectivity index (χ1) is 35.1. The Balaban J connectivity index is 1.23. The fourth-order valence-corrected chi connectivity index (χ4v) is 10.0. The third kappa shape index (κ3) is 7.03.